The maximum Gasteiger partial charge on any atom is 0.290 e. The Morgan fingerprint density at radius 1 is 1.09 bits per heavy atom. The van der Waals surface area contributed by atoms with Crippen molar-refractivity contribution in [3.63, 3.8) is 0 Å². The van der Waals surface area contributed by atoms with Gasteiger partial charge >= 0.3 is 0 Å². The topological polar surface area (TPSA) is 98.1 Å². The summed E-state index contributed by atoms with van der Waals surface area (Å²) in [5, 5.41) is 0.602. The van der Waals surface area contributed by atoms with E-state index in [0.717, 1.165) is 5.56 Å². The molecule has 8 nitrogen and oxygen atoms in total. The van der Waals surface area contributed by atoms with E-state index in [1.807, 2.05) is 13.0 Å². The molecule has 1 aromatic heterocycles. The predicted octanol–water partition coefficient (Wildman–Crippen LogP) is 3.64. The number of methoxy groups -OCH3 is 1. The number of amides is 1. The zero-order valence-corrected chi connectivity index (χ0v) is 19.3. The van der Waals surface area contributed by atoms with Gasteiger partial charge in [0.05, 0.1) is 26.0 Å². The fourth-order valence-corrected chi connectivity index (χ4v) is 5.43. The van der Waals surface area contributed by atoms with Crippen LogP contribution in [0.2, 0.25) is 0 Å². The van der Waals surface area contributed by atoms with Crippen LogP contribution >= 0.6 is 0 Å². The molecule has 32 heavy (non-hydrogen) atoms. The van der Waals surface area contributed by atoms with Crippen molar-refractivity contribution in [1.82, 2.24) is 4.90 Å². The lowest BCUT2D eigenvalue weighted by Crippen LogP contribution is -2.40. The number of sulfonamides is 1. The molecule has 0 saturated carbocycles. The van der Waals surface area contributed by atoms with Crippen LogP contribution in [0.25, 0.3) is 11.0 Å². The number of para-hydroxylation sites is 2. The Labute approximate surface area is 187 Å². The molecule has 1 N–H and O–H groups in total. The summed E-state index contributed by atoms with van der Waals surface area (Å²) in [7, 11) is -2.57. The molecule has 2 heterocycles. The highest BCUT2D eigenvalue weighted by molar-refractivity contribution is 7.93. The van der Waals surface area contributed by atoms with Gasteiger partial charge < -0.3 is 18.8 Å². The molecule has 2 aromatic carbocycles. The van der Waals surface area contributed by atoms with Gasteiger partial charge in [0.25, 0.3) is 15.9 Å². The normalized spacial score (nSPS) is 14.6. The third kappa shape index (κ3) is 3.82. The fraction of sp³-hybridized carbons (Fsp3) is 0.348. The van der Waals surface area contributed by atoms with E-state index in [1.54, 1.807) is 43.0 Å². The first kappa shape index (κ1) is 22.2. The number of hydrogen-bond donors (Lipinski definition) is 1. The standard InChI is InChI=1S/C23H26N2O6S/c1-14-13-17-16(3)20(23(26)25-9-11-30-12-10-25)31-21(17)22(15(14)2)32(27,28)24-18-7-5-6-8-19(18)29-4/h5-8,13,24H,9-12H2,1-4H3. The van der Waals surface area contributed by atoms with Crippen molar-refractivity contribution in [3.8, 4) is 5.75 Å². The van der Waals surface area contributed by atoms with Crippen molar-refractivity contribution in [2.24, 2.45) is 0 Å². The van der Waals surface area contributed by atoms with E-state index < -0.39 is 10.0 Å². The van der Waals surface area contributed by atoms with E-state index in [0.29, 0.717) is 54.3 Å². The number of carbonyl (C=O) groups excluding carboxylic acids is 1. The van der Waals surface area contributed by atoms with Crippen LogP contribution < -0.4 is 9.46 Å². The van der Waals surface area contributed by atoms with Gasteiger partial charge in [0, 0.05) is 24.0 Å². The Morgan fingerprint density at radius 2 is 1.78 bits per heavy atom. The highest BCUT2D eigenvalue weighted by atomic mass is 32.2. The van der Waals surface area contributed by atoms with Crippen molar-refractivity contribution in [3.05, 3.63) is 52.8 Å². The summed E-state index contributed by atoms with van der Waals surface area (Å²) in [6.07, 6.45) is 0. The molecule has 1 aliphatic heterocycles. The second kappa shape index (κ2) is 8.48. The minimum absolute atomic E-state index is 0.0162. The molecule has 0 bridgehead atoms. The summed E-state index contributed by atoms with van der Waals surface area (Å²) in [5.41, 5.74) is 2.45. The second-order valence-corrected chi connectivity index (χ2v) is 9.41. The highest BCUT2D eigenvalue weighted by Gasteiger charge is 2.30. The Hall–Kier alpha value is -3.04. The van der Waals surface area contributed by atoms with Gasteiger partial charge in [0.15, 0.2) is 11.3 Å². The molecule has 1 aliphatic rings. The van der Waals surface area contributed by atoms with Crippen LogP contribution in [0.4, 0.5) is 5.69 Å². The number of furan rings is 1. The molecule has 170 valence electrons. The molecule has 4 rings (SSSR count). The summed E-state index contributed by atoms with van der Waals surface area (Å²) in [5.74, 6) is 0.287. The SMILES string of the molecule is COc1ccccc1NS(=O)(=O)c1c(C)c(C)cc2c(C)c(C(=O)N3CCOCC3)oc12. The Kier molecular flexibility index (Phi) is 5.87. The lowest BCUT2D eigenvalue weighted by molar-refractivity contribution is 0.0283. The summed E-state index contributed by atoms with van der Waals surface area (Å²) in [4.78, 5) is 14.8. The van der Waals surface area contributed by atoms with Crippen molar-refractivity contribution >= 4 is 32.6 Å². The molecular weight excluding hydrogens is 432 g/mol. The van der Waals surface area contributed by atoms with Crippen LogP contribution in [0.5, 0.6) is 5.75 Å². The average Bonchev–Trinajstić information content (AvgIpc) is 3.10. The molecule has 3 aromatic rings. The van der Waals surface area contributed by atoms with Crippen LogP contribution in [0.15, 0.2) is 39.6 Å². The Bertz CT molecular complexity index is 1290. The Morgan fingerprint density at radius 3 is 2.47 bits per heavy atom. The molecule has 1 amide bonds. The van der Waals surface area contributed by atoms with Gasteiger partial charge in [0.2, 0.25) is 0 Å². The third-order valence-corrected chi connectivity index (χ3v) is 7.32. The van der Waals surface area contributed by atoms with Gasteiger partial charge in [-0.15, -0.1) is 0 Å². The molecular formula is C23H26N2O6S. The molecule has 1 saturated heterocycles. The lowest BCUT2D eigenvalue weighted by Gasteiger charge is -2.26. The maximum absolute atomic E-state index is 13.5. The molecule has 0 atom stereocenters. The second-order valence-electron chi connectivity index (χ2n) is 7.79. The number of fused-ring (bicyclic) bond motifs is 1. The first-order valence-electron chi connectivity index (χ1n) is 10.3. The summed E-state index contributed by atoms with van der Waals surface area (Å²) in [6, 6.07) is 8.63. The number of carbonyl (C=O) groups is 1. The molecule has 0 unspecified atom stereocenters. The van der Waals surface area contributed by atoms with Crippen LogP contribution in [-0.2, 0) is 14.8 Å². The first-order valence-corrected chi connectivity index (χ1v) is 11.8. The van der Waals surface area contributed by atoms with E-state index in [2.05, 4.69) is 4.72 Å². The molecule has 0 aliphatic carbocycles. The van der Waals surface area contributed by atoms with Gasteiger partial charge in [0.1, 0.15) is 10.6 Å². The van der Waals surface area contributed by atoms with Crippen molar-refractivity contribution in [2.45, 2.75) is 25.7 Å². The van der Waals surface area contributed by atoms with Crippen LogP contribution in [-0.4, -0.2) is 52.6 Å². The van der Waals surface area contributed by atoms with Gasteiger partial charge in [-0.2, -0.15) is 0 Å². The van der Waals surface area contributed by atoms with E-state index >= 15 is 0 Å². The number of hydrogen-bond acceptors (Lipinski definition) is 6. The van der Waals surface area contributed by atoms with Gasteiger partial charge in [-0.05, 0) is 50.1 Å². The first-order chi connectivity index (χ1) is 15.2. The number of aryl methyl sites for hydroxylation is 2. The monoisotopic (exact) mass is 458 g/mol. The number of nitrogens with zero attached hydrogens (tertiary/aromatic N) is 1. The molecule has 0 spiro atoms. The lowest BCUT2D eigenvalue weighted by atomic mass is 10.0. The predicted molar refractivity (Wildman–Crippen MR) is 121 cm³/mol. The van der Waals surface area contributed by atoms with Gasteiger partial charge in [-0.25, -0.2) is 8.42 Å². The van der Waals surface area contributed by atoms with Crippen LogP contribution in [0.1, 0.15) is 27.2 Å². The summed E-state index contributed by atoms with van der Waals surface area (Å²) < 4.78 is 46.2. The molecule has 0 radical (unpaired) electrons. The number of benzene rings is 2. The van der Waals surface area contributed by atoms with Gasteiger partial charge in [-0.1, -0.05) is 12.1 Å². The minimum atomic E-state index is -4.05. The molecule has 1 fully saturated rings. The number of morpholine rings is 1. The average molecular weight is 459 g/mol. The van der Waals surface area contributed by atoms with E-state index in [9.17, 15) is 13.2 Å². The van der Waals surface area contributed by atoms with Crippen LogP contribution in [0.3, 0.4) is 0 Å². The quantitative estimate of drug-likeness (QED) is 0.627. The van der Waals surface area contributed by atoms with E-state index in [1.165, 1.54) is 7.11 Å². The molecule has 9 heteroatoms. The minimum Gasteiger partial charge on any atom is -0.495 e. The number of ether oxygens (including phenoxy) is 2. The van der Waals surface area contributed by atoms with E-state index in [-0.39, 0.29) is 22.1 Å². The van der Waals surface area contributed by atoms with Crippen molar-refractivity contribution < 1.29 is 27.1 Å². The zero-order chi connectivity index (χ0) is 23.0. The summed E-state index contributed by atoms with van der Waals surface area (Å²) >= 11 is 0. The highest BCUT2D eigenvalue weighted by Crippen LogP contribution is 2.37. The van der Waals surface area contributed by atoms with Crippen molar-refractivity contribution in [2.75, 3.05) is 38.1 Å². The largest absolute Gasteiger partial charge is 0.495 e. The van der Waals surface area contributed by atoms with Crippen molar-refractivity contribution in [1.29, 1.82) is 0 Å². The fourth-order valence-electron chi connectivity index (χ4n) is 3.91. The number of nitrogens with one attached hydrogen (secondary N) is 1. The maximum atomic E-state index is 13.5. The Balaban J connectivity index is 1.85. The van der Waals surface area contributed by atoms with Crippen LogP contribution in [0, 0.1) is 20.8 Å². The number of rotatable bonds is 5. The third-order valence-electron chi connectivity index (χ3n) is 5.81. The zero-order valence-electron chi connectivity index (χ0n) is 18.5. The van der Waals surface area contributed by atoms with Gasteiger partial charge in [-0.3, -0.25) is 9.52 Å². The van der Waals surface area contributed by atoms with E-state index in [4.69, 9.17) is 13.9 Å². The smallest absolute Gasteiger partial charge is 0.290 e. The summed E-state index contributed by atoms with van der Waals surface area (Å²) in [6.45, 7) is 7.21. The number of anilines is 1.